The van der Waals surface area contributed by atoms with E-state index in [4.69, 9.17) is 4.98 Å². The van der Waals surface area contributed by atoms with E-state index in [1.165, 1.54) is 0 Å². The Labute approximate surface area is 212 Å². The van der Waals surface area contributed by atoms with E-state index in [-0.39, 0.29) is 6.61 Å². The van der Waals surface area contributed by atoms with Gasteiger partial charge in [-0.15, -0.1) is 0 Å². The summed E-state index contributed by atoms with van der Waals surface area (Å²) in [7, 11) is 0. The Kier molecular flexibility index (Phi) is 7.15. The minimum atomic E-state index is -0.647. The van der Waals surface area contributed by atoms with Crippen molar-refractivity contribution in [3.8, 4) is 0 Å². The first-order valence-corrected chi connectivity index (χ1v) is 12.2. The zero-order valence-electron chi connectivity index (χ0n) is 20.1. The van der Waals surface area contributed by atoms with Gasteiger partial charge in [-0.1, -0.05) is 97.1 Å². The molecule has 0 aliphatic rings. The van der Waals surface area contributed by atoms with Crippen molar-refractivity contribution in [2.45, 2.75) is 18.4 Å². The molecule has 1 N–H and O–H groups in total. The van der Waals surface area contributed by atoms with Crippen molar-refractivity contribution >= 4 is 6.08 Å². The van der Waals surface area contributed by atoms with E-state index >= 15 is 0 Å². The normalized spacial score (nSPS) is 11.7. The highest BCUT2D eigenvalue weighted by molar-refractivity contribution is 5.54. The molecule has 2 aromatic heterocycles. The van der Waals surface area contributed by atoms with E-state index < -0.39 is 5.54 Å². The topological polar surface area (TPSA) is 50.9 Å². The number of aromatic nitrogens is 3. The second-order valence-electron chi connectivity index (χ2n) is 8.72. The predicted octanol–water partition coefficient (Wildman–Crippen LogP) is 6.10. The fraction of sp³-hybridized carbons (Fsp3) is 0.125. The number of nitrogens with zero attached hydrogens (tertiary/aromatic N) is 3. The maximum absolute atomic E-state index is 9.42. The van der Waals surface area contributed by atoms with Crippen LogP contribution in [-0.4, -0.2) is 26.2 Å². The molecule has 0 radical (unpaired) electrons. The third kappa shape index (κ3) is 4.64. The van der Waals surface area contributed by atoms with Crippen LogP contribution in [0.25, 0.3) is 6.08 Å². The summed E-state index contributed by atoms with van der Waals surface area (Å²) in [6, 6.07) is 35.8. The van der Waals surface area contributed by atoms with Gasteiger partial charge in [0.25, 0.3) is 0 Å². The summed E-state index contributed by atoms with van der Waals surface area (Å²) in [5, 5.41) is 9.42. The third-order valence-corrected chi connectivity index (χ3v) is 6.42. The van der Waals surface area contributed by atoms with Crippen molar-refractivity contribution in [3.05, 3.63) is 162 Å². The molecule has 0 amide bonds. The monoisotopic (exact) mass is 471 g/mol. The minimum Gasteiger partial charge on any atom is -0.396 e. The largest absolute Gasteiger partial charge is 0.396 e. The molecular formula is C32H29N3O. The van der Waals surface area contributed by atoms with Crippen LogP contribution in [0.2, 0.25) is 0 Å². The Morgan fingerprint density at radius 2 is 1.25 bits per heavy atom. The Balaban J connectivity index is 1.81. The molecule has 0 spiro atoms. The first-order chi connectivity index (χ1) is 17.8. The number of aliphatic hydroxyl groups is 1. The van der Waals surface area contributed by atoms with Gasteiger partial charge in [0, 0.05) is 31.6 Å². The second-order valence-corrected chi connectivity index (χ2v) is 8.72. The lowest BCUT2D eigenvalue weighted by Crippen LogP contribution is -2.38. The van der Waals surface area contributed by atoms with Crippen LogP contribution in [0.5, 0.6) is 0 Å². The molecule has 36 heavy (non-hydrogen) atoms. The van der Waals surface area contributed by atoms with Gasteiger partial charge in [0.05, 0.1) is 5.69 Å². The first kappa shape index (κ1) is 23.5. The predicted molar refractivity (Wildman–Crippen MR) is 145 cm³/mol. The Bertz CT molecular complexity index is 1300. The summed E-state index contributed by atoms with van der Waals surface area (Å²) in [5.74, 6) is 0.837. The first-order valence-electron chi connectivity index (χ1n) is 12.2. The summed E-state index contributed by atoms with van der Waals surface area (Å²) in [5.41, 5.74) is 4.92. The van der Waals surface area contributed by atoms with Crippen LogP contribution in [0.4, 0.5) is 0 Å². The summed E-state index contributed by atoms with van der Waals surface area (Å²) in [6.07, 6.45) is 11.1. The molecule has 0 aliphatic carbocycles. The van der Waals surface area contributed by atoms with Crippen LogP contribution >= 0.6 is 0 Å². The van der Waals surface area contributed by atoms with E-state index in [1.54, 1.807) is 0 Å². The lowest BCUT2D eigenvalue weighted by Gasteiger charge is -2.38. The van der Waals surface area contributed by atoms with Crippen molar-refractivity contribution in [1.29, 1.82) is 0 Å². The van der Waals surface area contributed by atoms with Gasteiger partial charge in [0.15, 0.2) is 0 Å². The van der Waals surface area contributed by atoms with E-state index in [1.807, 2.05) is 36.7 Å². The number of rotatable bonds is 9. The molecule has 0 bridgehead atoms. The zero-order valence-corrected chi connectivity index (χ0v) is 20.1. The van der Waals surface area contributed by atoms with Gasteiger partial charge < -0.3 is 9.67 Å². The standard InChI is InChI=1S/C32H29N3O/c36-23-11-10-18-31-34-30(24-26-19-21-33-22-20-26)25-35(31)32(27-12-4-1-5-13-27,28-14-6-2-7-15-28)29-16-8-3-9-17-29/h1-10,12-22,25,36H,11,23-24H2. The Morgan fingerprint density at radius 3 is 1.75 bits per heavy atom. The second kappa shape index (κ2) is 11.0. The zero-order chi connectivity index (χ0) is 24.6. The number of imidazole rings is 1. The maximum Gasteiger partial charge on any atom is 0.133 e. The smallest absolute Gasteiger partial charge is 0.133 e. The van der Waals surface area contributed by atoms with Crippen LogP contribution in [0, 0.1) is 0 Å². The summed E-state index contributed by atoms with van der Waals surface area (Å²) < 4.78 is 2.29. The molecule has 178 valence electrons. The fourth-order valence-corrected chi connectivity index (χ4v) is 4.84. The Morgan fingerprint density at radius 1 is 0.722 bits per heavy atom. The molecule has 0 unspecified atom stereocenters. The number of pyridine rings is 1. The summed E-state index contributed by atoms with van der Waals surface area (Å²) in [4.78, 5) is 9.25. The van der Waals surface area contributed by atoms with E-state index in [9.17, 15) is 5.11 Å². The van der Waals surface area contributed by atoms with E-state index in [2.05, 4.69) is 107 Å². The summed E-state index contributed by atoms with van der Waals surface area (Å²) >= 11 is 0. The highest BCUT2D eigenvalue weighted by atomic mass is 16.2. The number of hydrogen-bond acceptors (Lipinski definition) is 3. The molecular weight excluding hydrogens is 442 g/mol. The quantitative estimate of drug-likeness (QED) is 0.264. The highest BCUT2D eigenvalue weighted by Crippen LogP contribution is 2.42. The number of aliphatic hydroxyl groups excluding tert-OH is 1. The van der Waals surface area contributed by atoms with Gasteiger partial charge in [-0.25, -0.2) is 4.98 Å². The van der Waals surface area contributed by atoms with Crippen LogP contribution < -0.4 is 0 Å². The average molecular weight is 472 g/mol. The molecule has 4 heteroatoms. The van der Waals surface area contributed by atoms with Gasteiger partial charge >= 0.3 is 0 Å². The summed E-state index contributed by atoms with van der Waals surface area (Å²) in [6.45, 7) is 0.0995. The molecule has 5 aromatic rings. The van der Waals surface area contributed by atoms with Gasteiger partial charge in [0.1, 0.15) is 11.4 Å². The third-order valence-electron chi connectivity index (χ3n) is 6.42. The lowest BCUT2D eigenvalue weighted by atomic mass is 9.76. The van der Waals surface area contributed by atoms with Crippen molar-refractivity contribution in [3.63, 3.8) is 0 Å². The maximum atomic E-state index is 9.42. The molecule has 2 heterocycles. The molecule has 5 rings (SSSR count). The fourth-order valence-electron chi connectivity index (χ4n) is 4.84. The van der Waals surface area contributed by atoms with Gasteiger partial charge in [-0.2, -0.15) is 0 Å². The van der Waals surface area contributed by atoms with Crippen molar-refractivity contribution < 1.29 is 5.11 Å². The van der Waals surface area contributed by atoms with Crippen molar-refractivity contribution in [2.24, 2.45) is 0 Å². The van der Waals surface area contributed by atoms with Crippen molar-refractivity contribution in [1.82, 2.24) is 14.5 Å². The average Bonchev–Trinajstić information content (AvgIpc) is 3.34. The van der Waals surface area contributed by atoms with Crippen LogP contribution in [0.1, 0.15) is 40.2 Å². The molecule has 4 nitrogen and oxygen atoms in total. The number of benzene rings is 3. The Hall–Kier alpha value is -4.28. The SMILES string of the molecule is OCCC=Cc1nc(Cc2ccncc2)cn1C(c1ccccc1)(c1ccccc1)c1ccccc1. The lowest BCUT2D eigenvalue weighted by molar-refractivity contribution is 0.303. The number of hydrogen-bond donors (Lipinski definition) is 1. The van der Waals surface area contributed by atoms with Crippen LogP contribution in [-0.2, 0) is 12.0 Å². The van der Waals surface area contributed by atoms with Gasteiger partial charge in [-0.05, 0) is 46.9 Å². The van der Waals surface area contributed by atoms with Crippen molar-refractivity contribution in [2.75, 3.05) is 6.61 Å². The molecule has 0 atom stereocenters. The molecule has 0 aliphatic heterocycles. The molecule has 0 saturated carbocycles. The van der Waals surface area contributed by atoms with Gasteiger partial charge in [0.2, 0.25) is 0 Å². The van der Waals surface area contributed by atoms with Crippen LogP contribution in [0.3, 0.4) is 0 Å². The van der Waals surface area contributed by atoms with Crippen LogP contribution in [0.15, 0.2) is 128 Å². The highest BCUT2D eigenvalue weighted by Gasteiger charge is 2.39. The molecule has 0 saturated heterocycles. The van der Waals surface area contributed by atoms with Gasteiger partial charge in [-0.3, -0.25) is 4.98 Å². The van der Waals surface area contributed by atoms with E-state index in [0.717, 1.165) is 33.8 Å². The molecule has 0 fully saturated rings. The molecule has 3 aromatic carbocycles. The van der Waals surface area contributed by atoms with E-state index in [0.29, 0.717) is 12.8 Å². The minimum absolute atomic E-state index is 0.0995.